The van der Waals surface area contributed by atoms with Gasteiger partial charge in [-0.25, -0.2) is 0 Å². The molecule has 0 aliphatic carbocycles. The Morgan fingerprint density at radius 2 is 1.77 bits per heavy atom. The number of hydrogen-bond acceptors (Lipinski definition) is 2. The number of hydrogen-bond donors (Lipinski definition) is 1. The largest absolute Gasteiger partial charge is 0.332 e. The molecule has 1 aromatic rings. The normalized spacial score (nSPS) is 18.5. The molecule has 1 aromatic carbocycles. The summed E-state index contributed by atoms with van der Waals surface area (Å²) >= 11 is 24.2. The molecule has 22 heavy (non-hydrogen) atoms. The van der Waals surface area contributed by atoms with E-state index in [0.29, 0.717) is 10.6 Å². The van der Waals surface area contributed by atoms with E-state index < -0.39 is 9.96 Å². The molecule has 1 atom stereocenters. The summed E-state index contributed by atoms with van der Waals surface area (Å²) in [5, 5.41) is 3.32. The van der Waals surface area contributed by atoms with Gasteiger partial charge in [0.15, 0.2) is 0 Å². The minimum atomic E-state index is -1.60. The Morgan fingerprint density at radius 1 is 1.14 bits per heavy atom. The highest BCUT2D eigenvalue weighted by Crippen LogP contribution is 2.33. The second-order valence-corrected chi connectivity index (χ2v) is 8.18. The van der Waals surface area contributed by atoms with Gasteiger partial charge in [0.05, 0.1) is 0 Å². The summed E-state index contributed by atoms with van der Waals surface area (Å²) in [5.41, 5.74) is 0.446. The van der Waals surface area contributed by atoms with E-state index in [1.54, 1.807) is 24.3 Å². The van der Waals surface area contributed by atoms with Gasteiger partial charge in [-0.15, -0.1) is 0 Å². The summed E-state index contributed by atoms with van der Waals surface area (Å²) in [6.45, 7) is 1.60. The summed E-state index contributed by atoms with van der Waals surface area (Å²) in [6.07, 6.45) is 3.72. The van der Waals surface area contributed by atoms with Crippen molar-refractivity contribution in [1.29, 1.82) is 0 Å². The molecule has 0 unspecified atom stereocenters. The van der Waals surface area contributed by atoms with Crippen molar-refractivity contribution in [3.63, 3.8) is 0 Å². The van der Waals surface area contributed by atoms with Gasteiger partial charge in [0.1, 0.15) is 6.17 Å². The predicted octanol–water partition coefficient (Wildman–Crippen LogP) is 4.64. The van der Waals surface area contributed by atoms with Crippen molar-refractivity contribution in [2.45, 2.75) is 35.6 Å². The third kappa shape index (κ3) is 5.17. The van der Waals surface area contributed by atoms with E-state index in [-0.39, 0.29) is 5.91 Å². The predicted molar refractivity (Wildman–Crippen MR) is 93.0 cm³/mol. The lowest BCUT2D eigenvalue weighted by molar-refractivity contribution is 0.0853. The van der Waals surface area contributed by atoms with Gasteiger partial charge in [-0.05, 0) is 31.0 Å². The Bertz CT molecular complexity index is 511. The number of rotatable bonds is 3. The van der Waals surface area contributed by atoms with Crippen LogP contribution in [0.1, 0.15) is 36.0 Å². The summed E-state index contributed by atoms with van der Waals surface area (Å²) in [5.74, 6) is -0.303. The maximum Gasteiger partial charge on any atom is 0.252 e. The first kappa shape index (κ1) is 18.2. The van der Waals surface area contributed by atoms with Crippen molar-refractivity contribution in [2.24, 2.45) is 0 Å². The molecule has 1 amide bonds. The fraction of sp³-hybridized carbons (Fsp3) is 0.533. The monoisotopic (exact) mass is 382 g/mol. The second kappa shape index (κ2) is 8.07. The summed E-state index contributed by atoms with van der Waals surface area (Å²) < 4.78 is -1.60. The molecule has 0 saturated carbocycles. The number of likely N-dealkylation sites (tertiary alicyclic amines) is 1. The molecule has 2 rings (SSSR count). The minimum absolute atomic E-state index is 0.303. The molecular weight excluding hydrogens is 366 g/mol. The Balaban J connectivity index is 2.14. The SMILES string of the molecule is O=C(N[C@H](N1CCCCCC1)C(Cl)(Cl)Cl)c1cccc(Cl)c1. The topological polar surface area (TPSA) is 32.3 Å². The van der Waals surface area contributed by atoms with Crippen LogP contribution in [0, 0.1) is 0 Å². The van der Waals surface area contributed by atoms with Crippen LogP contribution in [0.5, 0.6) is 0 Å². The number of nitrogens with one attached hydrogen (secondary N) is 1. The molecule has 0 spiro atoms. The molecule has 0 radical (unpaired) electrons. The molecule has 1 saturated heterocycles. The van der Waals surface area contributed by atoms with Gasteiger partial charge in [0, 0.05) is 23.7 Å². The molecule has 1 heterocycles. The van der Waals surface area contributed by atoms with E-state index in [1.165, 1.54) is 0 Å². The van der Waals surface area contributed by atoms with E-state index in [9.17, 15) is 4.79 Å². The first-order valence-electron chi connectivity index (χ1n) is 7.25. The highest BCUT2D eigenvalue weighted by molar-refractivity contribution is 6.68. The fourth-order valence-electron chi connectivity index (χ4n) is 2.57. The van der Waals surface area contributed by atoms with Crippen molar-refractivity contribution < 1.29 is 4.79 Å². The third-order valence-electron chi connectivity index (χ3n) is 3.67. The molecule has 0 bridgehead atoms. The van der Waals surface area contributed by atoms with Crippen LogP contribution in [0.2, 0.25) is 5.02 Å². The number of carbonyl (C=O) groups excluding carboxylic acids is 1. The van der Waals surface area contributed by atoms with Crippen LogP contribution >= 0.6 is 46.4 Å². The molecule has 7 heteroatoms. The molecule has 0 aromatic heterocycles. The average Bonchev–Trinajstić information content (AvgIpc) is 2.72. The van der Waals surface area contributed by atoms with Gasteiger partial charge < -0.3 is 5.32 Å². The summed E-state index contributed by atoms with van der Waals surface area (Å²) in [7, 11) is 0. The zero-order valence-electron chi connectivity index (χ0n) is 12.0. The van der Waals surface area contributed by atoms with Crippen LogP contribution in [-0.2, 0) is 0 Å². The zero-order valence-corrected chi connectivity index (χ0v) is 15.0. The Hall–Kier alpha value is -0.190. The van der Waals surface area contributed by atoms with Crippen molar-refractivity contribution in [1.82, 2.24) is 10.2 Å². The lowest BCUT2D eigenvalue weighted by Gasteiger charge is -2.35. The van der Waals surface area contributed by atoms with Crippen molar-refractivity contribution in [3.05, 3.63) is 34.9 Å². The van der Waals surface area contributed by atoms with Crippen LogP contribution in [0.3, 0.4) is 0 Å². The number of alkyl halides is 3. The van der Waals surface area contributed by atoms with Crippen molar-refractivity contribution in [2.75, 3.05) is 13.1 Å². The maximum absolute atomic E-state index is 12.4. The van der Waals surface area contributed by atoms with Crippen molar-refractivity contribution >= 4 is 52.3 Å². The molecule has 1 aliphatic rings. The number of benzene rings is 1. The quantitative estimate of drug-likeness (QED) is 0.771. The first-order valence-corrected chi connectivity index (χ1v) is 8.76. The average molecular weight is 384 g/mol. The maximum atomic E-state index is 12.4. The van der Waals surface area contributed by atoms with Gasteiger partial charge in [-0.1, -0.05) is 65.3 Å². The lowest BCUT2D eigenvalue weighted by Crippen LogP contribution is -2.55. The molecule has 3 nitrogen and oxygen atoms in total. The van der Waals surface area contributed by atoms with Crippen molar-refractivity contribution in [3.8, 4) is 0 Å². The van der Waals surface area contributed by atoms with Gasteiger partial charge in [0.2, 0.25) is 3.79 Å². The number of carbonyl (C=O) groups is 1. The van der Waals surface area contributed by atoms with E-state index in [1.807, 2.05) is 4.90 Å². The number of halogens is 4. The van der Waals surface area contributed by atoms with E-state index in [4.69, 9.17) is 46.4 Å². The van der Waals surface area contributed by atoms with Gasteiger partial charge >= 0.3 is 0 Å². The van der Waals surface area contributed by atoms with Crippen LogP contribution in [0.4, 0.5) is 0 Å². The smallest absolute Gasteiger partial charge is 0.252 e. The zero-order chi connectivity index (χ0) is 16.2. The van der Waals surface area contributed by atoms with Crippen LogP contribution < -0.4 is 5.32 Å². The van der Waals surface area contributed by atoms with E-state index in [2.05, 4.69) is 5.32 Å². The Morgan fingerprint density at radius 3 is 2.32 bits per heavy atom. The number of amides is 1. The van der Waals surface area contributed by atoms with Crippen LogP contribution in [-0.4, -0.2) is 33.9 Å². The highest BCUT2D eigenvalue weighted by atomic mass is 35.6. The standard InChI is InChI=1S/C15H18Cl4N2O/c16-12-7-5-6-11(10-12)13(22)20-14(15(17,18)19)21-8-3-1-2-4-9-21/h5-7,10,14H,1-4,8-9H2,(H,20,22)/t14-/m1/s1. The molecule has 1 aliphatic heterocycles. The van der Waals surface area contributed by atoms with Gasteiger partial charge in [-0.2, -0.15) is 0 Å². The van der Waals surface area contributed by atoms with Gasteiger partial charge in [-0.3, -0.25) is 9.69 Å². The van der Waals surface area contributed by atoms with Crippen LogP contribution in [0.25, 0.3) is 0 Å². The summed E-state index contributed by atoms with van der Waals surface area (Å²) in [4.78, 5) is 14.4. The molecular formula is C15H18Cl4N2O. The van der Waals surface area contributed by atoms with E-state index in [0.717, 1.165) is 38.8 Å². The highest BCUT2D eigenvalue weighted by Gasteiger charge is 2.38. The Labute approximate surface area is 150 Å². The summed E-state index contributed by atoms with van der Waals surface area (Å²) in [6, 6.07) is 6.70. The Kier molecular flexibility index (Phi) is 6.66. The molecule has 122 valence electrons. The molecule has 1 fully saturated rings. The van der Waals surface area contributed by atoms with Crippen LogP contribution in [0.15, 0.2) is 24.3 Å². The van der Waals surface area contributed by atoms with Gasteiger partial charge in [0.25, 0.3) is 5.91 Å². The number of nitrogens with zero attached hydrogens (tertiary/aromatic N) is 1. The first-order chi connectivity index (χ1) is 10.4. The fourth-order valence-corrected chi connectivity index (χ4v) is 3.34. The molecule has 1 N–H and O–H groups in total. The second-order valence-electron chi connectivity index (χ2n) is 5.38. The third-order valence-corrected chi connectivity index (χ3v) is 4.53. The van der Waals surface area contributed by atoms with E-state index >= 15 is 0 Å². The lowest BCUT2D eigenvalue weighted by atomic mass is 10.2. The minimum Gasteiger partial charge on any atom is -0.332 e.